The average molecular weight is 244 g/mol. The van der Waals surface area contributed by atoms with E-state index >= 15 is 0 Å². The quantitative estimate of drug-likeness (QED) is 0.860. The average Bonchev–Trinajstić information content (AvgIpc) is 2.78. The van der Waals surface area contributed by atoms with E-state index in [9.17, 15) is 0 Å². The van der Waals surface area contributed by atoms with Crippen molar-refractivity contribution in [3.05, 3.63) is 35.4 Å². The molecule has 0 aliphatic carbocycles. The molecule has 98 valence electrons. The van der Waals surface area contributed by atoms with Gasteiger partial charge in [0.2, 0.25) is 0 Å². The van der Waals surface area contributed by atoms with Crippen molar-refractivity contribution in [2.24, 2.45) is 0 Å². The number of benzene rings is 1. The largest absolute Gasteiger partial charge is 0.313 e. The molecule has 0 radical (unpaired) electrons. The van der Waals surface area contributed by atoms with Crippen molar-refractivity contribution in [2.45, 2.75) is 51.2 Å². The van der Waals surface area contributed by atoms with Gasteiger partial charge in [-0.3, -0.25) is 4.90 Å². The van der Waals surface area contributed by atoms with Crippen molar-refractivity contribution in [3.63, 3.8) is 0 Å². The maximum absolute atomic E-state index is 3.56. The second-order valence-corrected chi connectivity index (χ2v) is 5.62. The summed E-state index contributed by atoms with van der Waals surface area (Å²) in [4.78, 5) is 2.77. The summed E-state index contributed by atoms with van der Waals surface area (Å²) in [7, 11) is 0. The van der Waals surface area contributed by atoms with Crippen LogP contribution >= 0.6 is 0 Å². The molecule has 2 atom stereocenters. The Morgan fingerprint density at radius 2 is 2.17 bits per heavy atom. The number of rotatable bonds is 2. The van der Waals surface area contributed by atoms with Gasteiger partial charge in [-0.1, -0.05) is 31.2 Å². The van der Waals surface area contributed by atoms with Crippen molar-refractivity contribution < 1.29 is 0 Å². The Kier molecular flexibility index (Phi) is 3.67. The summed E-state index contributed by atoms with van der Waals surface area (Å²) in [6.07, 6.45) is 5.33. The Hall–Kier alpha value is -0.860. The topological polar surface area (TPSA) is 15.3 Å². The summed E-state index contributed by atoms with van der Waals surface area (Å²) < 4.78 is 0. The highest BCUT2D eigenvalue weighted by atomic mass is 15.2. The molecule has 0 spiro atoms. The molecular weight excluding hydrogens is 220 g/mol. The fraction of sp³-hybridized carbons (Fsp3) is 0.625. The Balaban J connectivity index is 1.91. The maximum atomic E-state index is 3.56. The highest BCUT2D eigenvalue weighted by molar-refractivity contribution is 5.31. The molecule has 1 aromatic rings. The number of fused-ring (bicyclic) bond motifs is 1. The van der Waals surface area contributed by atoms with Gasteiger partial charge in [0.05, 0.1) is 0 Å². The Morgan fingerprint density at radius 1 is 1.28 bits per heavy atom. The fourth-order valence-electron chi connectivity index (χ4n) is 3.69. The fourth-order valence-corrected chi connectivity index (χ4v) is 3.69. The summed E-state index contributed by atoms with van der Waals surface area (Å²) in [6, 6.07) is 10.5. The lowest BCUT2D eigenvalue weighted by atomic mass is 9.97. The van der Waals surface area contributed by atoms with Gasteiger partial charge in [-0.05, 0) is 49.9 Å². The molecule has 1 N–H and O–H groups in total. The third-order valence-corrected chi connectivity index (χ3v) is 4.62. The van der Waals surface area contributed by atoms with Gasteiger partial charge in [0.1, 0.15) is 0 Å². The second-order valence-electron chi connectivity index (χ2n) is 5.62. The van der Waals surface area contributed by atoms with Crippen molar-refractivity contribution in [1.29, 1.82) is 0 Å². The standard InChI is InChI=1S/C16H24N2/c1-2-14-7-5-11-18(14)16-9-10-17-12-13-6-3-4-8-15(13)16/h3-4,6,8,14,16-17H,2,5,7,9-12H2,1H3. The van der Waals surface area contributed by atoms with Crippen LogP contribution in [0.3, 0.4) is 0 Å². The first kappa shape index (κ1) is 12.2. The Bertz CT molecular complexity index is 402. The van der Waals surface area contributed by atoms with Crippen LogP contribution in [-0.2, 0) is 6.54 Å². The molecular formula is C16H24N2. The summed E-state index contributed by atoms with van der Waals surface area (Å²) in [5.41, 5.74) is 3.07. The third-order valence-electron chi connectivity index (χ3n) is 4.62. The van der Waals surface area contributed by atoms with E-state index in [-0.39, 0.29) is 0 Å². The van der Waals surface area contributed by atoms with Crippen LogP contribution in [0.2, 0.25) is 0 Å². The lowest BCUT2D eigenvalue weighted by molar-refractivity contribution is 0.169. The SMILES string of the molecule is CCC1CCCN1C1CCNCc2ccccc21. The van der Waals surface area contributed by atoms with Crippen molar-refractivity contribution in [2.75, 3.05) is 13.1 Å². The minimum Gasteiger partial charge on any atom is -0.313 e. The van der Waals surface area contributed by atoms with Crippen LogP contribution in [0.15, 0.2) is 24.3 Å². The van der Waals surface area contributed by atoms with E-state index in [4.69, 9.17) is 0 Å². The lowest BCUT2D eigenvalue weighted by Gasteiger charge is -2.33. The van der Waals surface area contributed by atoms with E-state index < -0.39 is 0 Å². The Labute approximate surface area is 110 Å². The lowest BCUT2D eigenvalue weighted by Crippen LogP contribution is -2.34. The van der Waals surface area contributed by atoms with Crippen molar-refractivity contribution in [1.82, 2.24) is 10.2 Å². The third kappa shape index (κ3) is 2.19. The molecule has 1 saturated heterocycles. The highest BCUT2D eigenvalue weighted by Gasteiger charge is 2.31. The van der Waals surface area contributed by atoms with Gasteiger partial charge < -0.3 is 5.32 Å². The smallest absolute Gasteiger partial charge is 0.0366 e. The number of hydrogen-bond donors (Lipinski definition) is 1. The summed E-state index contributed by atoms with van der Waals surface area (Å²) >= 11 is 0. The minimum absolute atomic E-state index is 0.642. The van der Waals surface area contributed by atoms with Crippen LogP contribution in [0.4, 0.5) is 0 Å². The second kappa shape index (κ2) is 5.41. The summed E-state index contributed by atoms with van der Waals surface area (Å²) in [5.74, 6) is 0. The minimum atomic E-state index is 0.642. The molecule has 18 heavy (non-hydrogen) atoms. The van der Waals surface area contributed by atoms with E-state index in [0.717, 1.165) is 19.1 Å². The molecule has 2 heteroatoms. The van der Waals surface area contributed by atoms with E-state index in [1.807, 2.05) is 0 Å². The predicted octanol–water partition coefficient (Wildman–Crippen LogP) is 3.10. The first-order valence-electron chi connectivity index (χ1n) is 7.44. The molecule has 2 aliphatic rings. The first-order chi connectivity index (χ1) is 8.90. The van der Waals surface area contributed by atoms with E-state index in [2.05, 4.69) is 41.4 Å². The van der Waals surface area contributed by atoms with Crippen LogP contribution in [0.5, 0.6) is 0 Å². The van der Waals surface area contributed by atoms with Crippen LogP contribution in [-0.4, -0.2) is 24.0 Å². The van der Waals surface area contributed by atoms with E-state index in [0.29, 0.717) is 6.04 Å². The normalized spacial score (nSPS) is 28.9. The van der Waals surface area contributed by atoms with Crippen LogP contribution in [0.1, 0.15) is 49.8 Å². The monoisotopic (exact) mass is 244 g/mol. The summed E-state index contributed by atoms with van der Waals surface area (Å²) in [5, 5.41) is 3.56. The van der Waals surface area contributed by atoms with Crippen LogP contribution in [0, 0.1) is 0 Å². The number of hydrogen-bond acceptors (Lipinski definition) is 2. The zero-order valence-electron chi connectivity index (χ0n) is 11.4. The zero-order valence-corrected chi connectivity index (χ0v) is 11.4. The van der Waals surface area contributed by atoms with Gasteiger partial charge in [0.15, 0.2) is 0 Å². The van der Waals surface area contributed by atoms with Crippen molar-refractivity contribution in [3.8, 4) is 0 Å². The van der Waals surface area contributed by atoms with Gasteiger partial charge in [-0.15, -0.1) is 0 Å². The number of likely N-dealkylation sites (tertiary alicyclic amines) is 1. The van der Waals surface area contributed by atoms with Gasteiger partial charge in [0, 0.05) is 18.6 Å². The number of nitrogens with zero attached hydrogens (tertiary/aromatic N) is 1. The molecule has 2 unspecified atom stereocenters. The molecule has 0 saturated carbocycles. The molecule has 1 aromatic carbocycles. The molecule has 2 nitrogen and oxygen atoms in total. The molecule has 0 aromatic heterocycles. The predicted molar refractivity (Wildman–Crippen MR) is 75.5 cm³/mol. The number of nitrogens with one attached hydrogen (secondary N) is 1. The van der Waals surface area contributed by atoms with E-state index in [1.54, 1.807) is 5.56 Å². The first-order valence-corrected chi connectivity index (χ1v) is 7.44. The van der Waals surface area contributed by atoms with Gasteiger partial charge in [-0.2, -0.15) is 0 Å². The van der Waals surface area contributed by atoms with Gasteiger partial charge in [-0.25, -0.2) is 0 Å². The molecule has 1 fully saturated rings. The molecule has 2 heterocycles. The van der Waals surface area contributed by atoms with Gasteiger partial charge >= 0.3 is 0 Å². The zero-order chi connectivity index (χ0) is 12.4. The summed E-state index contributed by atoms with van der Waals surface area (Å²) in [6.45, 7) is 5.81. The van der Waals surface area contributed by atoms with Gasteiger partial charge in [0.25, 0.3) is 0 Å². The maximum Gasteiger partial charge on any atom is 0.0366 e. The van der Waals surface area contributed by atoms with E-state index in [1.165, 1.54) is 37.8 Å². The molecule has 2 aliphatic heterocycles. The molecule has 0 bridgehead atoms. The van der Waals surface area contributed by atoms with Crippen LogP contribution in [0.25, 0.3) is 0 Å². The van der Waals surface area contributed by atoms with Crippen LogP contribution < -0.4 is 5.32 Å². The molecule has 3 rings (SSSR count). The highest BCUT2D eigenvalue weighted by Crippen LogP contribution is 2.35. The Morgan fingerprint density at radius 3 is 3.06 bits per heavy atom. The van der Waals surface area contributed by atoms with Crippen molar-refractivity contribution >= 4 is 0 Å². The molecule has 0 amide bonds.